The number of rotatable bonds is 6. The quantitative estimate of drug-likeness (QED) is 0.493. The zero-order chi connectivity index (χ0) is 26.4. The molecule has 3 aliphatic rings. The van der Waals surface area contributed by atoms with Gasteiger partial charge in [-0.25, -0.2) is 4.98 Å². The molecular formula is C28H37N7O3. The molecule has 0 spiro atoms. The van der Waals surface area contributed by atoms with Gasteiger partial charge >= 0.3 is 0 Å². The number of carbonyl (C=O) groups is 2. The van der Waals surface area contributed by atoms with Crippen LogP contribution in [-0.2, 0) is 16.6 Å². The van der Waals surface area contributed by atoms with Crippen LogP contribution in [0.15, 0.2) is 24.7 Å². The molecule has 4 heterocycles. The molecule has 0 bridgehead atoms. The summed E-state index contributed by atoms with van der Waals surface area (Å²) in [6.45, 7) is 4.36. The van der Waals surface area contributed by atoms with E-state index < -0.39 is 0 Å². The van der Waals surface area contributed by atoms with Gasteiger partial charge in [0, 0.05) is 69.9 Å². The van der Waals surface area contributed by atoms with Crippen molar-refractivity contribution >= 4 is 22.6 Å². The van der Waals surface area contributed by atoms with E-state index in [9.17, 15) is 9.59 Å². The van der Waals surface area contributed by atoms with Gasteiger partial charge in [-0.05, 0) is 45.1 Å². The van der Waals surface area contributed by atoms with Crippen molar-refractivity contribution in [3.8, 4) is 17.1 Å². The molecule has 3 aromatic heterocycles. The number of likely N-dealkylation sites (N-methyl/N-ethyl adjacent to an activating group) is 1. The number of nitrogens with zero attached hydrogens (tertiary/aromatic N) is 7. The van der Waals surface area contributed by atoms with Crippen LogP contribution in [0.1, 0.15) is 57.9 Å². The fraction of sp³-hybridized carbons (Fsp3) is 0.607. The van der Waals surface area contributed by atoms with Crippen molar-refractivity contribution in [2.75, 3.05) is 26.7 Å². The van der Waals surface area contributed by atoms with Gasteiger partial charge in [-0.2, -0.15) is 10.2 Å². The van der Waals surface area contributed by atoms with Crippen molar-refractivity contribution in [2.24, 2.45) is 13.0 Å². The maximum absolute atomic E-state index is 12.2. The molecule has 0 N–H and O–H groups in total. The van der Waals surface area contributed by atoms with Crippen molar-refractivity contribution < 1.29 is 14.3 Å². The van der Waals surface area contributed by atoms with Crippen molar-refractivity contribution in [2.45, 2.75) is 70.1 Å². The summed E-state index contributed by atoms with van der Waals surface area (Å²) in [6.07, 6.45) is 12.1. The Balaban J connectivity index is 1.17. The molecule has 2 saturated carbocycles. The van der Waals surface area contributed by atoms with Crippen LogP contribution >= 0.6 is 0 Å². The minimum absolute atomic E-state index is 0.0962. The molecule has 2 atom stereocenters. The largest absolute Gasteiger partial charge is 0.474 e. The highest BCUT2D eigenvalue weighted by atomic mass is 16.5. The minimum atomic E-state index is -0.0962. The highest BCUT2D eigenvalue weighted by molar-refractivity contribution is 5.86. The van der Waals surface area contributed by atoms with Crippen molar-refractivity contribution in [1.82, 2.24) is 34.3 Å². The lowest BCUT2D eigenvalue weighted by atomic mass is 9.90. The number of hydrogen-bond donors (Lipinski definition) is 0. The number of pyridine rings is 1. The highest BCUT2D eigenvalue weighted by Crippen LogP contribution is 2.35. The molecule has 1 aliphatic heterocycles. The number of fused-ring (bicyclic) bond motifs is 1. The van der Waals surface area contributed by atoms with Crippen LogP contribution in [0, 0.1) is 5.92 Å². The number of Topliss-reactive ketones (excluding diaryl/α,β-unsaturated/α-hetero) is 1. The molecule has 38 heavy (non-hydrogen) atoms. The van der Waals surface area contributed by atoms with Crippen LogP contribution in [0.4, 0.5) is 0 Å². The summed E-state index contributed by atoms with van der Waals surface area (Å²) in [7, 11) is 3.79. The van der Waals surface area contributed by atoms with E-state index in [4.69, 9.17) is 14.8 Å². The maximum Gasteiger partial charge on any atom is 0.236 e. The van der Waals surface area contributed by atoms with Crippen LogP contribution in [0.2, 0.25) is 0 Å². The van der Waals surface area contributed by atoms with Crippen LogP contribution in [-0.4, -0.2) is 84.9 Å². The number of carbonyl (C=O) groups excluding carboxylic acids is 2. The lowest BCUT2D eigenvalue weighted by Crippen LogP contribution is -2.52. The fourth-order valence-electron chi connectivity index (χ4n) is 6.31. The molecule has 0 unspecified atom stereocenters. The summed E-state index contributed by atoms with van der Waals surface area (Å²) < 4.78 is 10.2. The molecule has 6 rings (SSSR count). The number of ketones is 1. The Bertz CT molecular complexity index is 1340. The minimum Gasteiger partial charge on any atom is -0.474 e. The van der Waals surface area contributed by atoms with E-state index in [0.29, 0.717) is 43.1 Å². The Morgan fingerprint density at radius 2 is 1.82 bits per heavy atom. The van der Waals surface area contributed by atoms with E-state index in [1.807, 2.05) is 44.4 Å². The van der Waals surface area contributed by atoms with Crippen LogP contribution in [0.5, 0.6) is 5.88 Å². The lowest BCUT2D eigenvalue weighted by molar-refractivity contribution is -0.135. The highest BCUT2D eigenvalue weighted by Gasteiger charge is 2.32. The number of aryl methyl sites for hydroxylation is 1. The zero-order valence-electron chi connectivity index (χ0n) is 22.5. The van der Waals surface area contributed by atoms with E-state index in [0.717, 1.165) is 67.4 Å². The van der Waals surface area contributed by atoms with Gasteiger partial charge in [0.15, 0.2) is 0 Å². The van der Waals surface area contributed by atoms with Gasteiger partial charge in [0.05, 0.1) is 35.4 Å². The summed E-state index contributed by atoms with van der Waals surface area (Å²) in [5.74, 6) is 1.33. The normalized spacial score (nSPS) is 25.9. The molecule has 3 fully saturated rings. The number of amides is 1. The monoisotopic (exact) mass is 519 g/mol. The summed E-state index contributed by atoms with van der Waals surface area (Å²) in [6, 6.07) is 2.82. The molecule has 0 radical (unpaired) electrons. The smallest absolute Gasteiger partial charge is 0.236 e. The van der Waals surface area contributed by atoms with E-state index in [-0.39, 0.29) is 17.9 Å². The Morgan fingerprint density at radius 1 is 1.03 bits per heavy atom. The fourth-order valence-corrected chi connectivity index (χ4v) is 6.31. The van der Waals surface area contributed by atoms with Crippen LogP contribution in [0.25, 0.3) is 22.2 Å². The van der Waals surface area contributed by atoms with Crippen molar-refractivity contribution in [3.63, 3.8) is 0 Å². The first-order valence-corrected chi connectivity index (χ1v) is 13.9. The third-order valence-corrected chi connectivity index (χ3v) is 8.77. The zero-order valence-corrected chi connectivity index (χ0v) is 22.5. The second kappa shape index (κ2) is 10.1. The third-order valence-electron chi connectivity index (χ3n) is 8.77. The van der Waals surface area contributed by atoms with Gasteiger partial charge in [0.2, 0.25) is 11.8 Å². The standard InChI is InChI=1S/C28H37N7O3/c1-18(19-4-9-23(36)12-19)38-28-24-16-33(3)31-26(24)13-25(30-28)20-14-29-35(15-20)22-7-5-21(6-8-22)34-11-10-32(2)27(37)17-34/h13-16,18-19,21-22H,4-12,17H2,1-3H3/t18-,19+,21?,22?/m1/s1. The average molecular weight is 520 g/mol. The summed E-state index contributed by atoms with van der Waals surface area (Å²) in [4.78, 5) is 33.1. The molecule has 1 amide bonds. The van der Waals surface area contributed by atoms with Crippen LogP contribution < -0.4 is 4.74 Å². The van der Waals surface area contributed by atoms with Gasteiger partial charge in [0.1, 0.15) is 11.9 Å². The van der Waals surface area contributed by atoms with E-state index in [1.54, 1.807) is 4.68 Å². The number of piperazine rings is 1. The summed E-state index contributed by atoms with van der Waals surface area (Å²) >= 11 is 0. The molecule has 2 aliphatic carbocycles. The average Bonchev–Trinajstić information content (AvgIpc) is 3.65. The van der Waals surface area contributed by atoms with E-state index in [2.05, 4.69) is 20.9 Å². The molecule has 1 saturated heterocycles. The predicted octanol–water partition coefficient (Wildman–Crippen LogP) is 3.23. The Labute approximate surface area is 222 Å². The topological polar surface area (TPSA) is 98.4 Å². The first-order valence-electron chi connectivity index (χ1n) is 13.9. The lowest BCUT2D eigenvalue weighted by Gasteiger charge is -2.40. The second-order valence-corrected chi connectivity index (χ2v) is 11.4. The predicted molar refractivity (Wildman–Crippen MR) is 143 cm³/mol. The maximum atomic E-state index is 12.2. The molecular weight excluding hydrogens is 482 g/mol. The number of ether oxygens (including phenoxy) is 1. The summed E-state index contributed by atoms with van der Waals surface area (Å²) in [5, 5.41) is 10.2. The van der Waals surface area contributed by atoms with Crippen molar-refractivity contribution in [1.29, 1.82) is 0 Å². The Hall–Kier alpha value is -3.27. The van der Waals surface area contributed by atoms with Gasteiger partial charge in [-0.1, -0.05) is 0 Å². The molecule has 0 aromatic carbocycles. The third kappa shape index (κ3) is 4.93. The summed E-state index contributed by atoms with van der Waals surface area (Å²) in [5.41, 5.74) is 2.56. The number of aromatic nitrogens is 5. The Kier molecular flexibility index (Phi) is 6.67. The van der Waals surface area contributed by atoms with E-state index >= 15 is 0 Å². The second-order valence-electron chi connectivity index (χ2n) is 11.4. The SMILES string of the molecule is C[C@@H](Oc1nc(-c2cnn(C3CCC(N4CCN(C)C(=O)C4)CC3)c2)cc2nn(C)cc12)[C@H]1CCC(=O)C1. The molecule has 10 heteroatoms. The number of hydrogen-bond acceptors (Lipinski definition) is 7. The molecule has 3 aromatic rings. The van der Waals surface area contributed by atoms with Gasteiger partial charge in [-0.15, -0.1) is 0 Å². The van der Waals surface area contributed by atoms with Crippen molar-refractivity contribution in [3.05, 3.63) is 24.7 Å². The van der Waals surface area contributed by atoms with Gasteiger partial charge < -0.3 is 9.64 Å². The van der Waals surface area contributed by atoms with E-state index in [1.165, 1.54) is 0 Å². The van der Waals surface area contributed by atoms with Crippen LogP contribution in [0.3, 0.4) is 0 Å². The molecule has 10 nitrogen and oxygen atoms in total. The first-order chi connectivity index (χ1) is 18.3. The Morgan fingerprint density at radius 3 is 2.55 bits per heavy atom. The first kappa shape index (κ1) is 25.0. The van der Waals surface area contributed by atoms with Gasteiger partial charge in [-0.3, -0.25) is 23.9 Å². The molecule has 202 valence electrons. The van der Waals surface area contributed by atoms with Gasteiger partial charge in [0.25, 0.3) is 0 Å².